The number of nitrogens with zero attached hydrogens (tertiary/aromatic N) is 4. The smallest absolute Gasteiger partial charge is 0.329 e. The largest absolute Gasteiger partial charge is 0.375 e. The van der Waals surface area contributed by atoms with Gasteiger partial charge in [-0.1, -0.05) is 46.4 Å². The molecule has 0 fully saturated rings. The van der Waals surface area contributed by atoms with Crippen molar-refractivity contribution in [2.45, 2.75) is 0 Å². The molecule has 0 heterocycles. The minimum absolute atomic E-state index is 0.108. The highest BCUT2D eigenvalue weighted by Gasteiger charge is 2.37. The fourth-order valence-corrected chi connectivity index (χ4v) is 4.85. The lowest BCUT2D eigenvalue weighted by atomic mass is 10.3. The number of hydrogen-bond donors (Lipinski definition) is 0. The second-order valence-electron chi connectivity index (χ2n) is 7.33. The van der Waals surface area contributed by atoms with Gasteiger partial charge >= 0.3 is 19.7 Å². The first-order valence-corrected chi connectivity index (χ1v) is 13.5. The van der Waals surface area contributed by atoms with Gasteiger partial charge in [0.15, 0.2) is 0 Å². The third-order valence-electron chi connectivity index (χ3n) is 4.16. The number of halogens is 5. The van der Waals surface area contributed by atoms with Crippen LogP contribution >= 0.6 is 65.6 Å². The first-order chi connectivity index (χ1) is 16.3. The standard InChI is InChI=1S/C20H22Cl5N4O5P/c1-26(2)19(30)28(13-5-7-15(22)17(24)11-13)33-35(32,10-9-21)34-29(20(31)27(3)4)14-6-8-16(23)18(25)12-14/h5-8,11-12H,9-10H2,1-4H3. The van der Waals surface area contributed by atoms with Gasteiger partial charge in [0, 0.05) is 34.1 Å². The molecule has 4 amide bonds. The monoisotopic (exact) mass is 604 g/mol. The second-order valence-corrected chi connectivity index (χ2v) is 11.3. The molecule has 0 aliphatic carbocycles. The molecule has 0 spiro atoms. The molecule has 0 saturated heterocycles. The third kappa shape index (κ3) is 7.78. The first kappa shape index (κ1) is 29.8. The Kier molecular flexibility index (Phi) is 10.8. The Balaban J connectivity index is 2.55. The van der Waals surface area contributed by atoms with Crippen LogP contribution in [-0.4, -0.2) is 62.1 Å². The predicted molar refractivity (Wildman–Crippen MR) is 141 cm³/mol. The zero-order valence-electron chi connectivity index (χ0n) is 19.0. The maximum atomic E-state index is 13.9. The van der Waals surface area contributed by atoms with Gasteiger partial charge in [0.1, 0.15) is 0 Å². The van der Waals surface area contributed by atoms with Gasteiger partial charge in [-0.15, -0.1) is 11.6 Å². The quantitative estimate of drug-likeness (QED) is 0.179. The summed E-state index contributed by atoms with van der Waals surface area (Å²) in [6, 6.07) is 6.98. The van der Waals surface area contributed by atoms with Gasteiger partial charge in [0.25, 0.3) is 0 Å². The molecule has 15 heteroatoms. The number of urea groups is 2. The highest BCUT2D eigenvalue weighted by Crippen LogP contribution is 2.52. The van der Waals surface area contributed by atoms with E-state index in [-0.39, 0.29) is 43.5 Å². The van der Waals surface area contributed by atoms with Crippen LogP contribution in [-0.2, 0) is 13.8 Å². The van der Waals surface area contributed by atoms with Crippen molar-refractivity contribution in [1.29, 1.82) is 0 Å². The third-order valence-corrected chi connectivity index (χ3v) is 7.68. The molecule has 0 N–H and O–H groups in total. The fourth-order valence-electron chi connectivity index (χ4n) is 2.42. The van der Waals surface area contributed by atoms with Crippen molar-refractivity contribution < 1.29 is 23.4 Å². The maximum Gasteiger partial charge on any atom is 0.375 e. The van der Waals surface area contributed by atoms with Crippen molar-refractivity contribution in [3.05, 3.63) is 56.5 Å². The molecule has 2 aromatic rings. The Bertz CT molecular complexity index is 1060. The lowest BCUT2D eigenvalue weighted by Gasteiger charge is -2.32. The molecular weight excluding hydrogens is 584 g/mol. The molecule has 192 valence electrons. The van der Waals surface area contributed by atoms with Crippen molar-refractivity contribution in [3.8, 4) is 0 Å². The number of carbonyl (C=O) groups is 2. The van der Waals surface area contributed by atoms with Crippen molar-refractivity contribution >= 4 is 89.0 Å². The van der Waals surface area contributed by atoms with Gasteiger partial charge in [0.05, 0.1) is 37.6 Å². The zero-order valence-corrected chi connectivity index (χ0v) is 23.7. The molecule has 0 radical (unpaired) electrons. The SMILES string of the molecule is CN(C)C(=O)N(OP(=O)(CCCl)ON(C(=O)N(C)C)c1ccc(Cl)c(Cl)c1)c1ccc(Cl)c(Cl)c1. The van der Waals surface area contributed by atoms with Crippen molar-refractivity contribution in [3.63, 3.8) is 0 Å². The summed E-state index contributed by atoms with van der Waals surface area (Å²) in [5, 5.41) is 2.16. The highest BCUT2D eigenvalue weighted by atomic mass is 35.5. The lowest BCUT2D eigenvalue weighted by Crippen LogP contribution is -2.42. The summed E-state index contributed by atoms with van der Waals surface area (Å²) in [6.45, 7) is 0. The van der Waals surface area contributed by atoms with Crippen LogP contribution in [0.25, 0.3) is 0 Å². The van der Waals surface area contributed by atoms with Gasteiger partial charge < -0.3 is 9.80 Å². The number of hydrogen-bond acceptors (Lipinski definition) is 5. The highest BCUT2D eigenvalue weighted by molar-refractivity contribution is 7.54. The number of rotatable bonds is 8. The number of amides is 4. The van der Waals surface area contributed by atoms with Crippen LogP contribution in [0.5, 0.6) is 0 Å². The molecule has 0 aliphatic rings. The van der Waals surface area contributed by atoms with Crippen LogP contribution < -0.4 is 10.1 Å². The molecule has 0 aromatic heterocycles. The molecule has 0 bridgehead atoms. The van der Waals surface area contributed by atoms with Crippen LogP contribution in [0, 0.1) is 0 Å². The molecule has 0 aliphatic heterocycles. The van der Waals surface area contributed by atoms with Gasteiger partial charge in [-0.2, -0.15) is 19.4 Å². The number of hydroxylamine groups is 2. The van der Waals surface area contributed by atoms with E-state index < -0.39 is 19.7 Å². The molecule has 2 aromatic carbocycles. The summed E-state index contributed by atoms with van der Waals surface area (Å²) in [6.07, 6.45) is -0.369. The van der Waals surface area contributed by atoms with Gasteiger partial charge in [-0.3, -0.25) is 4.57 Å². The molecule has 0 unspecified atom stereocenters. The second kappa shape index (κ2) is 12.7. The number of alkyl halides is 1. The molecular formula is C20H22Cl5N4O5P. The van der Waals surface area contributed by atoms with Crippen LogP contribution in [0.15, 0.2) is 36.4 Å². The van der Waals surface area contributed by atoms with Gasteiger partial charge in [-0.05, 0) is 36.4 Å². The molecule has 0 saturated carbocycles. The van der Waals surface area contributed by atoms with E-state index in [1.54, 1.807) is 0 Å². The van der Waals surface area contributed by atoms with E-state index >= 15 is 0 Å². The zero-order chi connectivity index (χ0) is 26.5. The maximum absolute atomic E-state index is 13.9. The molecule has 0 atom stereocenters. The topological polar surface area (TPSA) is 82.6 Å². The number of anilines is 2. The summed E-state index contributed by atoms with van der Waals surface area (Å²) < 4.78 is 25.1. The molecule has 2 rings (SSSR count). The Morgan fingerprint density at radius 3 is 1.40 bits per heavy atom. The van der Waals surface area contributed by atoms with E-state index in [4.69, 9.17) is 67.3 Å². The van der Waals surface area contributed by atoms with Crippen LogP contribution in [0.3, 0.4) is 0 Å². The van der Waals surface area contributed by atoms with E-state index in [1.165, 1.54) is 74.4 Å². The minimum atomic E-state index is -4.33. The summed E-state index contributed by atoms with van der Waals surface area (Å²) >= 11 is 30.1. The number of benzene rings is 2. The molecule has 9 nitrogen and oxygen atoms in total. The fraction of sp³-hybridized carbons (Fsp3) is 0.300. The Morgan fingerprint density at radius 2 is 1.11 bits per heavy atom. The summed E-state index contributed by atoms with van der Waals surface area (Å²) in [7, 11) is 1.51. The van der Waals surface area contributed by atoms with Crippen LogP contribution in [0.4, 0.5) is 21.0 Å². The average Bonchev–Trinajstić information content (AvgIpc) is 2.79. The number of carbonyl (C=O) groups excluding carboxylic acids is 2. The van der Waals surface area contributed by atoms with E-state index in [2.05, 4.69) is 0 Å². The summed E-state index contributed by atoms with van der Waals surface area (Å²) in [5.74, 6) is -0.186. The van der Waals surface area contributed by atoms with Crippen LogP contribution in [0.2, 0.25) is 20.1 Å². The van der Waals surface area contributed by atoms with E-state index in [9.17, 15) is 14.2 Å². The normalized spacial score (nSPS) is 11.2. The average molecular weight is 607 g/mol. The Morgan fingerprint density at radius 1 is 0.743 bits per heavy atom. The van der Waals surface area contributed by atoms with E-state index in [1.807, 2.05) is 0 Å². The Labute approximate surface area is 228 Å². The van der Waals surface area contributed by atoms with E-state index in [0.29, 0.717) is 0 Å². The van der Waals surface area contributed by atoms with Gasteiger partial charge in [0.2, 0.25) is 0 Å². The predicted octanol–water partition coefficient (Wildman–Crippen LogP) is 7.27. The van der Waals surface area contributed by atoms with E-state index in [0.717, 1.165) is 10.1 Å². The van der Waals surface area contributed by atoms with Crippen LogP contribution in [0.1, 0.15) is 0 Å². The lowest BCUT2D eigenvalue weighted by molar-refractivity contribution is 0.151. The van der Waals surface area contributed by atoms with Crippen molar-refractivity contribution in [2.24, 2.45) is 0 Å². The van der Waals surface area contributed by atoms with Crippen molar-refractivity contribution in [2.75, 3.05) is 50.4 Å². The summed E-state index contributed by atoms with van der Waals surface area (Å²) in [5.41, 5.74) is 0.216. The first-order valence-electron chi connectivity index (χ1n) is 9.77. The summed E-state index contributed by atoms with van der Waals surface area (Å²) in [4.78, 5) is 28.2. The minimum Gasteiger partial charge on any atom is -0.329 e. The Hall–Kier alpha value is -1.42. The molecule has 35 heavy (non-hydrogen) atoms. The van der Waals surface area contributed by atoms with Crippen molar-refractivity contribution in [1.82, 2.24) is 9.80 Å². The van der Waals surface area contributed by atoms with Gasteiger partial charge in [-0.25, -0.2) is 9.59 Å².